The van der Waals surface area contributed by atoms with Crippen LogP contribution in [0.5, 0.6) is 5.75 Å². The van der Waals surface area contributed by atoms with Crippen molar-refractivity contribution in [3.63, 3.8) is 0 Å². The number of amides is 2. The molecule has 0 saturated carbocycles. The van der Waals surface area contributed by atoms with Gasteiger partial charge < -0.3 is 15.7 Å². The fraction of sp³-hybridized carbons (Fsp3) is 0.188. The number of benzene rings is 1. The number of carbonyl (C=O) groups is 2. The Kier molecular flexibility index (Phi) is 4.87. The van der Waals surface area contributed by atoms with Crippen LogP contribution in [0, 0.1) is 0 Å². The smallest absolute Gasteiger partial charge is 0.256 e. The van der Waals surface area contributed by atoms with Crippen LogP contribution in [0.4, 0.5) is 5.82 Å². The molecule has 0 spiro atoms. The molecule has 0 aliphatic carbocycles. The number of piperazine rings is 1. The van der Waals surface area contributed by atoms with E-state index < -0.39 is 15.9 Å². The molecule has 3 N–H and O–H groups in total. The molecule has 9 nitrogen and oxygen atoms in total. The van der Waals surface area contributed by atoms with Gasteiger partial charge in [-0.25, -0.2) is 13.4 Å². The fourth-order valence-corrected chi connectivity index (χ4v) is 3.88. The second-order valence-electron chi connectivity index (χ2n) is 5.54. The number of aromatic hydroxyl groups is 1. The minimum Gasteiger partial charge on any atom is -0.504 e. The molecule has 1 fully saturated rings. The van der Waals surface area contributed by atoms with E-state index in [1.807, 2.05) is 0 Å². The minimum absolute atomic E-state index is 0.0292. The summed E-state index contributed by atoms with van der Waals surface area (Å²) in [4.78, 5) is 27.5. The second kappa shape index (κ2) is 7.10. The molecular weight excluding hydrogens is 360 g/mol. The standard InChI is InChI=1S/C16H16N4O5S/c21-13-5-2-6-18-15(13)19-16(23)11-3-1-4-12(9-11)26(24,25)20-8-7-17-14(22)10-20/h1-6,9,21H,7-8,10H2,(H,17,22)(H,18,19,23). The van der Waals surface area contributed by atoms with Crippen LogP contribution in [0.15, 0.2) is 47.5 Å². The van der Waals surface area contributed by atoms with Gasteiger partial charge in [0, 0.05) is 24.8 Å². The molecular formula is C16H16N4O5S. The zero-order valence-electron chi connectivity index (χ0n) is 13.5. The topological polar surface area (TPSA) is 129 Å². The first kappa shape index (κ1) is 17.8. The summed E-state index contributed by atoms with van der Waals surface area (Å²) in [5, 5.41) is 14.6. The monoisotopic (exact) mass is 376 g/mol. The van der Waals surface area contributed by atoms with Crippen LogP contribution in [0.1, 0.15) is 10.4 Å². The van der Waals surface area contributed by atoms with Crippen LogP contribution in [0.3, 0.4) is 0 Å². The molecule has 0 bridgehead atoms. The Balaban J connectivity index is 1.84. The number of hydrogen-bond acceptors (Lipinski definition) is 6. The highest BCUT2D eigenvalue weighted by Crippen LogP contribution is 2.21. The summed E-state index contributed by atoms with van der Waals surface area (Å²) in [6.45, 7) is 0.129. The third-order valence-electron chi connectivity index (χ3n) is 3.76. The van der Waals surface area contributed by atoms with Crippen LogP contribution in [0.25, 0.3) is 0 Å². The van der Waals surface area contributed by atoms with Gasteiger partial charge in [-0.15, -0.1) is 0 Å². The first-order chi connectivity index (χ1) is 12.4. The number of anilines is 1. The molecule has 1 aromatic carbocycles. The lowest BCUT2D eigenvalue weighted by atomic mass is 10.2. The van der Waals surface area contributed by atoms with E-state index in [0.717, 1.165) is 4.31 Å². The SMILES string of the molecule is O=C1CN(S(=O)(=O)c2cccc(C(=O)Nc3ncccc3O)c2)CCN1. The molecule has 136 valence electrons. The Morgan fingerprint density at radius 1 is 1.27 bits per heavy atom. The molecule has 1 aliphatic rings. The Morgan fingerprint density at radius 3 is 2.81 bits per heavy atom. The lowest BCUT2D eigenvalue weighted by molar-refractivity contribution is -0.122. The molecule has 2 aromatic rings. The van der Waals surface area contributed by atoms with Gasteiger partial charge >= 0.3 is 0 Å². The van der Waals surface area contributed by atoms with Gasteiger partial charge in [-0.3, -0.25) is 9.59 Å². The summed E-state index contributed by atoms with van der Waals surface area (Å²) in [6, 6.07) is 8.33. The number of nitrogens with one attached hydrogen (secondary N) is 2. The Bertz CT molecular complexity index is 961. The van der Waals surface area contributed by atoms with Crippen molar-refractivity contribution in [3.8, 4) is 5.75 Å². The van der Waals surface area contributed by atoms with E-state index in [2.05, 4.69) is 15.6 Å². The maximum Gasteiger partial charge on any atom is 0.256 e. The maximum absolute atomic E-state index is 12.7. The van der Waals surface area contributed by atoms with Gasteiger partial charge in [0.05, 0.1) is 11.4 Å². The fourth-order valence-electron chi connectivity index (χ4n) is 2.44. The van der Waals surface area contributed by atoms with Gasteiger partial charge in [-0.05, 0) is 30.3 Å². The average Bonchev–Trinajstić information content (AvgIpc) is 2.63. The van der Waals surface area contributed by atoms with E-state index in [1.165, 1.54) is 42.6 Å². The molecule has 2 amide bonds. The zero-order valence-corrected chi connectivity index (χ0v) is 14.4. The summed E-state index contributed by atoms with van der Waals surface area (Å²) in [7, 11) is -3.90. The van der Waals surface area contributed by atoms with Crippen molar-refractivity contribution >= 4 is 27.7 Å². The van der Waals surface area contributed by atoms with Crippen molar-refractivity contribution in [1.29, 1.82) is 0 Å². The van der Waals surface area contributed by atoms with Crippen molar-refractivity contribution in [2.75, 3.05) is 25.0 Å². The molecule has 0 unspecified atom stereocenters. The van der Waals surface area contributed by atoms with Crippen molar-refractivity contribution in [2.45, 2.75) is 4.90 Å². The number of pyridine rings is 1. The second-order valence-corrected chi connectivity index (χ2v) is 7.48. The quantitative estimate of drug-likeness (QED) is 0.697. The predicted molar refractivity (Wildman–Crippen MR) is 92.1 cm³/mol. The average molecular weight is 376 g/mol. The third-order valence-corrected chi connectivity index (χ3v) is 5.60. The lowest BCUT2D eigenvalue weighted by Gasteiger charge is -2.26. The predicted octanol–water partition coefficient (Wildman–Crippen LogP) is 0.160. The molecule has 1 aromatic heterocycles. The molecule has 10 heteroatoms. The van der Waals surface area contributed by atoms with E-state index in [-0.39, 0.29) is 47.6 Å². The van der Waals surface area contributed by atoms with Crippen LogP contribution in [-0.2, 0) is 14.8 Å². The molecule has 0 atom stereocenters. The third kappa shape index (κ3) is 3.65. The lowest BCUT2D eigenvalue weighted by Crippen LogP contribution is -2.49. The van der Waals surface area contributed by atoms with Crippen LogP contribution < -0.4 is 10.6 Å². The molecule has 26 heavy (non-hydrogen) atoms. The van der Waals surface area contributed by atoms with E-state index in [9.17, 15) is 23.1 Å². The highest BCUT2D eigenvalue weighted by Gasteiger charge is 2.29. The molecule has 1 saturated heterocycles. The van der Waals surface area contributed by atoms with Gasteiger partial charge in [0.2, 0.25) is 15.9 Å². The van der Waals surface area contributed by atoms with Gasteiger partial charge in [0.15, 0.2) is 11.6 Å². The van der Waals surface area contributed by atoms with E-state index in [0.29, 0.717) is 0 Å². The van der Waals surface area contributed by atoms with Crippen LogP contribution in [-0.4, -0.2) is 54.3 Å². The van der Waals surface area contributed by atoms with Crippen LogP contribution in [0.2, 0.25) is 0 Å². The summed E-state index contributed by atoms with van der Waals surface area (Å²) in [5.74, 6) is -1.23. The van der Waals surface area contributed by atoms with Crippen molar-refractivity contribution in [2.24, 2.45) is 0 Å². The number of hydrogen-bond donors (Lipinski definition) is 3. The van der Waals surface area contributed by atoms with E-state index >= 15 is 0 Å². The van der Waals surface area contributed by atoms with E-state index in [4.69, 9.17) is 0 Å². The first-order valence-corrected chi connectivity index (χ1v) is 9.14. The molecule has 1 aliphatic heterocycles. The number of sulfonamides is 1. The highest BCUT2D eigenvalue weighted by molar-refractivity contribution is 7.89. The zero-order chi connectivity index (χ0) is 18.7. The number of nitrogens with zero attached hydrogens (tertiary/aromatic N) is 2. The molecule has 3 rings (SSSR count). The van der Waals surface area contributed by atoms with E-state index in [1.54, 1.807) is 0 Å². The normalized spacial score (nSPS) is 15.3. The van der Waals surface area contributed by atoms with Gasteiger partial charge in [-0.2, -0.15) is 4.31 Å². The van der Waals surface area contributed by atoms with Crippen molar-refractivity contribution in [3.05, 3.63) is 48.2 Å². The Labute approximate surface area is 149 Å². The Hall–Kier alpha value is -2.98. The highest BCUT2D eigenvalue weighted by atomic mass is 32.2. The first-order valence-electron chi connectivity index (χ1n) is 7.70. The van der Waals surface area contributed by atoms with Crippen LogP contribution >= 0.6 is 0 Å². The number of rotatable bonds is 4. The summed E-state index contributed by atoms with van der Waals surface area (Å²) >= 11 is 0. The number of aromatic nitrogens is 1. The van der Waals surface area contributed by atoms with Gasteiger partial charge in [0.25, 0.3) is 5.91 Å². The van der Waals surface area contributed by atoms with Crippen molar-refractivity contribution in [1.82, 2.24) is 14.6 Å². The van der Waals surface area contributed by atoms with Crippen molar-refractivity contribution < 1.29 is 23.1 Å². The summed E-state index contributed by atoms with van der Waals surface area (Å²) in [6.07, 6.45) is 1.40. The van der Waals surface area contributed by atoms with Gasteiger partial charge in [-0.1, -0.05) is 6.07 Å². The summed E-state index contributed by atoms with van der Waals surface area (Å²) in [5.41, 5.74) is 0.0811. The largest absolute Gasteiger partial charge is 0.504 e. The summed E-state index contributed by atoms with van der Waals surface area (Å²) < 4.78 is 26.4. The minimum atomic E-state index is -3.90. The molecule has 0 radical (unpaired) electrons. The molecule has 2 heterocycles. The maximum atomic E-state index is 12.7. The Morgan fingerprint density at radius 2 is 2.08 bits per heavy atom. The van der Waals surface area contributed by atoms with Gasteiger partial charge in [0.1, 0.15) is 0 Å². The number of carbonyl (C=O) groups excluding carboxylic acids is 2.